The second-order valence-electron chi connectivity index (χ2n) is 9.34. The standard InChI is InChI=1S/C11H21OS.C10H16O4S/c1-2-3-7-11(12)10-13-8-5-4-6-9-13;1-9(2)6-4-5-10(9,3)8(11)7(6)15(12,13)14/h2-10H2,1H3;6-7H,4-5H2,1-3H3,(H,12,13,14)/q+1;/p-1. The van der Waals surface area contributed by atoms with Crippen molar-refractivity contribution in [1.82, 2.24) is 0 Å². The molecule has 0 aromatic heterocycles. The summed E-state index contributed by atoms with van der Waals surface area (Å²) in [6.45, 7) is 7.73. The molecule has 0 radical (unpaired) electrons. The first-order valence-electron chi connectivity index (χ1n) is 10.6. The van der Waals surface area contributed by atoms with Crippen LogP contribution in [0.4, 0.5) is 0 Å². The van der Waals surface area contributed by atoms with Crippen molar-refractivity contribution < 1.29 is 22.6 Å². The number of carbonyl (C=O) groups is 2. The van der Waals surface area contributed by atoms with Crippen LogP contribution in [0.15, 0.2) is 0 Å². The van der Waals surface area contributed by atoms with E-state index < -0.39 is 20.8 Å². The Morgan fingerprint density at radius 1 is 1.18 bits per heavy atom. The summed E-state index contributed by atoms with van der Waals surface area (Å²) in [6.07, 6.45) is 8.58. The number of fused-ring (bicyclic) bond motifs is 2. The van der Waals surface area contributed by atoms with Gasteiger partial charge in [0.05, 0.1) is 0 Å². The number of hydrogen-bond donors (Lipinski definition) is 0. The van der Waals surface area contributed by atoms with Crippen molar-refractivity contribution in [2.24, 2.45) is 16.7 Å². The maximum absolute atomic E-state index is 12.0. The van der Waals surface area contributed by atoms with Crippen molar-refractivity contribution in [3.63, 3.8) is 0 Å². The smallest absolute Gasteiger partial charge is 0.181 e. The summed E-state index contributed by atoms with van der Waals surface area (Å²) in [7, 11) is -4.02. The second kappa shape index (κ2) is 9.17. The highest BCUT2D eigenvalue weighted by Crippen LogP contribution is 2.64. The molecule has 28 heavy (non-hydrogen) atoms. The lowest BCUT2D eigenvalue weighted by molar-refractivity contribution is -0.128. The van der Waals surface area contributed by atoms with Crippen LogP contribution in [0.1, 0.15) is 79.1 Å². The summed E-state index contributed by atoms with van der Waals surface area (Å²) < 4.78 is 33.3. The van der Waals surface area contributed by atoms with Gasteiger partial charge in [-0.1, -0.05) is 34.1 Å². The molecule has 0 amide bonds. The topological polar surface area (TPSA) is 91.3 Å². The van der Waals surface area contributed by atoms with Gasteiger partial charge in [0, 0.05) is 11.8 Å². The molecule has 2 aliphatic carbocycles. The van der Waals surface area contributed by atoms with Crippen LogP contribution in [0.5, 0.6) is 0 Å². The van der Waals surface area contributed by atoms with E-state index in [1.807, 2.05) is 13.8 Å². The maximum Gasteiger partial charge on any atom is 0.181 e. The van der Waals surface area contributed by atoms with Crippen LogP contribution < -0.4 is 0 Å². The molecule has 3 rings (SSSR count). The van der Waals surface area contributed by atoms with Crippen LogP contribution in [-0.4, -0.2) is 47.0 Å². The van der Waals surface area contributed by atoms with E-state index in [0.29, 0.717) is 29.5 Å². The third-order valence-electron chi connectivity index (χ3n) is 7.32. The minimum Gasteiger partial charge on any atom is -0.747 e. The fourth-order valence-electron chi connectivity index (χ4n) is 5.05. The monoisotopic (exact) mass is 432 g/mol. The first-order chi connectivity index (χ1) is 12.9. The lowest BCUT2D eigenvalue weighted by atomic mass is 9.70. The lowest BCUT2D eigenvalue weighted by Gasteiger charge is -2.32. The Kier molecular flexibility index (Phi) is 7.82. The summed E-state index contributed by atoms with van der Waals surface area (Å²) in [4.78, 5) is 23.4. The lowest BCUT2D eigenvalue weighted by Crippen LogP contribution is -2.38. The number of unbranched alkanes of at least 4 members (excludes halogenated alkanes) is 1. The van der Waals surface area contributed by atoms with Gasteiger partial charge in [-0.25, -0.2) is 8.42 Å². The number of carbonyl (C=O) groups excluding carboxylic acids is 2. The van der Waals surface area contributed by atoms with Crippen molar-refractivity contribution in [3.8, 4) is 0 Å². The van der Waals surface area contributed by atoms with Crippen LogP contribution in [0.25, 0.3) is 0 Å². The molecule has 2 bridgehead atoms. The highest BCUT2D eigenvalue weighted by Gasteiger charge is 2.67. The van der Waals surface area contributed by atoms with Crippen LogP contribution in [0.3, 0.4) is 0 Å². The van der Waals surface area contributed by atoms with E-state index >= 15 is 0 Å². The number of hydrogen-bond acceptors (Lipinski definition) is 5. The van der Waals surface area contributed by atoms with Gasteiger partial charge in [0.15, 0.2) is 17.3 Å². The summed E-state index contributed by atoms with van der Waals surface area (Å²) >= 11 is 0. The summed E-state index contributed by atoms with van der Waals surface area (Å²) in [6, 6.07) is 0. The molecule has 0 aromatic carbocycles. The maximum atomic E-state index is 12.0. The second-order valence-corrected chi connectivity index (χ2v) is 13.2. The van der Waals surface area contributed by atoms with Gasteiger partial charge in [-0.2, -0.15) is 0 Å². The minimum absolute atomic E-state index is 0.294. The number of Topliss-reactive ketones (excluding diaryl/α,β-unsaturated/α-hetero) is 2. The third-order valence-corrected chi connectivity index (χ3v) is 11.0. The van der Waals surface area contributed by atoms with Crippen LogP contribution in [0.2, 0.25) is 0 Å². The van der Waals surface area contributed by atoms with E-state index in [1.165, 1.54) is 30.8 Å². The van der Waals surface area contributed by atoms with E-state index in [2.05, 4.69) is 6.92 Å². The molecule has 1 aliphatic heterocycles. The van der Waals surface area contributed by atoms with Gasteiger partial charge in [-0.05, 0) is 60.8 Å². The third kappa shape index (κ3) is 4.84. The van der Waals surface area contributed by atoms with Gasteiger partial charge in [-0.3, -0.25) is 9.59 Å². The van der Waals surface area contributed by atoms with Crippen molar-refractivity contribution in [2.75, 3.05) is 17.3 Å². The van der Waals surface area contributed by atoms with Crippen molar-refractivity contribution in [3.05, 3.63) is 0 Å². The Labute approximate surface area is 173 Å². The molecule has 3 unspecified atom stereocenters. The fourth-order valence-corrected chi connectivity index (χ4v) is 8.76. The molecule has 2 saturated carbocycles. The first kappa shape index (κ1) is 23.9. The average molecular weight is 433 g/mol. The SMILES string of the molecule is CC12CCC(C(S(=O)(=O)[O-])C1=O)C2(C)C.CCCCC(=O)C[S+]1CCCCC1. The zero-order valence-corrected chi connectivity index (χ0v) is 19.4. The van der Waals surface area contributed by atoms with Crippen molar-refractivity contribution >= 4 is 32.6 Å². The number of ketones is 2. The largest absolute Gasteiger partial charge is 0.747 e. The molecule has 1 heterocycles. The predicted octanol–water partition coefficient (Wildman–Crippen LogP) is 3.47. The van der Waals surface area contributed by atoms with Gasteiger partial charge in [0.25, 0.3) is 0 Å². The van der Waals surface area contributed by atoms with Crippen molar-refractivity contribution in [1.29, 1.82) is 0 Å². The van der Waals surface area contributed by atoms with E-state index in [1.54, 1.807) is 6.92 Å². The number of rotatable bonds is 6. The van der Waals surface area contributed by atoms with E-state index in [-0.39, 0.29) is 17.1 Å². The van der Waals surface area contributed by atoms with Crippen LogP contribution in [-0.2, 0) is 30.6 Å². The molecule has 0 aromatic rings. The molecule has 3 atom stereocenters. The van der Waals surface area contributed by atoms with Gasteiger partial charge in [0.1, 0.15) is 26.9 Å². The Morgan fingerprint density at radius 3 is 2.21 bits per heavy atom. The zero-order chi connectivity index (χ0) is 21.2. The van der Waals surface area contributed by atoms with Gasteiger partial charge in [-0.15, -0.1) is 0 Å². The molecular weight excluding hydrogens is 396 g/mol. The predicted molar refractivity (Wildman–Crippen MR) is 113 cm³/mol. The van der Waals surface area contributed by atoms with Crippen LogP contribution in [0, 0.1) is 16.7 Å². The molecule has 3 fully saturated rings. The average Bonchev–Trinajstić information content (AvgIpc) is 2.93. The molecular formula is C21H36O5S2. The Morgan fingerprint density at radius 2 is 1.79 bits per heavy atom. The normalized spacial score (nSPS) is 32.1. The highest BCUT2D eigenvalue weighted by atomic mass is 32.2. The Balaban J connectivity index is 0.000000203. The summed E-state index contributed by atoms with van der Waals surface area (Å²) in [5.41, 5.74) is -0.994. The zero-order valence-electron chi connectivity index (χ0n) is 17.8. The van der Waals surface area contributed by atoms with Gasteiger partial charge < -0.3 is 4.55 Å². The van der Waals surface area contributed by atoms with Crippen LogP contribution >= 0.6 is 0 Å². The molecule has 1 saturated heterocycles. The Hall–Kier alpha value is -0.400. The molecule has 162 valence electrons. The van der Waals surface area contributed by atoms with Gasteiger partial charge >= 0.3 is 0 Å². The highest BCUT2D eigenvalue weighted by molar-refractivity contribution is 7.97. The molecule has 7 heteroatoms. The molecule has 3 aliphatic rings. The molecule has 0 spiro atoms. The quantitative estimate of drug-likeness (QED) is 0.473. The summed E-state index contributed by atoms with van der Waals surface area (Å²) in [5, 5.41) is -1.30. The summed E-state index contributed by atoms with van der Waals surface area (Å²) in [5.74, 6) is 3.43. The minimum atomic E-state index is -4.49. The fraction of sp³-hybridized carbons (Fsp3) is 0.905. The molecule has 5 nitrogen and oxygen atoms in total. The Bertz CT molecular complexity index is 679. The van der Waals surface area contributed by atoms with E-state index in [0.717, 1.165) is 25.0 Å². The van der Waals surface area contributed by atoms with E-state index in [4.69, 9.17) is 0 Å². The van der Waals surface area contributed by atoms with Gasteiger partial charge in [0.2, 0.25) is 0 Å². The van der Waals surface area contributed by atoms with E-state index in [9.17, 15) is 22.6 Å². The van der Waals surface area contributed by atoms with Crippen molar-refractivity contribution in [2.45, 2.75) is 84.3 Å². The first-order valence-corrected chi connectivity index (χ1v) is 13.8. The molecule has 0 N–H and O–H groups in total.